The molecule has 1 aliphatic heterocycles. The summed E-state index contributed by atoms with van der Waals surface area (Å²) in [5.74, 6) is 1.48. The first-order valence-electron chi connectivity index (χ1n) is 9.33. The average molecular weight is 455 g/mol. The monoisotopic (exact) mass is 454 g/mol. The molecule has 3 rings (SSSR count). The third-order valence-corrected chi connectivity index (χ3v) is 5.69. The summed E-state index contributed by atoms with van der Waals surface area (Å²) in [5.41, 5.74) is 1.66. The van der Waals surface area contributed by atoms with Gasteiger partial charge >= 0.3 is 0 Å². The quantitative estimate of drug-likeness (QED) is 0.565. The van der Waals surface area contributed by atoms with Crippen molar-refractivity contribution < 1.29 is 14.2 Å². The molecule has 2 aromatic rings. The molecule has 2 aromatic carbocycles. The van der Waals surface area contributed by atoms with Crippen LogP contribution in [0.25, 0.3) is 0 Å². The van der Waals surface area contributed by atoms with Crippen LogP contribution in [0.1, 0.15) is 18.4 Å². The van der Waals surface area contributed by atoms with Gasteiger partial charge in [-0.1, -0.05) is 23.2 Å². The molecule has 0 aliphatic carbocycles. The Morgan fingerprint density at radius 1 is 1.21 bits per heavy atom. The smallest absolute Gasteiger partial charge is 0.173 e. The number of hydrogen-bond donors (Lipinski definition) is 1. The van der Waals surface area contributed by atoms with E-state index in [1.807, 2.05) is 18.2 Å². The van der Waals surface area contributed by atoms with Crippen molar-refractivity contribution >= 4 is 46.2 Å². The fourth-order valence-electron chi connectivity index (χ4n) is 3.23. The van der Waals surface area contributed by atoms with E-state index in [4.69, 9.17) is 49.6 Å². The molecule has 156 valence electrons. The van der Waals surface area contributed by atoms with Crippen LogP contribution in [-0.2, 0) is 11.3 Å². The molecule has 1 fully saturated rings. The minimum Gasteiger partial charge on any atom is -0.497 e. The highest BCUT2D eigenvalue weighted by Gasteiger charge is 2.22. The Kier molecular flexibility index (Phi) is 7.84. The number of rotatable bonds is 7. The zero-order valence-electron chi connectivity index (χ0n) is 16.4. The Morgan fingerprint density at radius 3 is 2.72 bits per heavy atom. The lowest BCUT2D eigenvalue weighted by Crippen LogP contribution is -2.39. The number of halogens is 2. The van der Waals surface area contributed by atoms with E-state index in [0.717, 1.165) is 36.5 Å². The van der Waals surface area contributed by atoms with E-state index in [9.17, 15) is 0 Å². The highest BCUT2D eigenvalue weighted by molar-refractivity contribution is 7.80. The summed E-state index contributed by atoms with van der Waals surface area (Å²) in [6.07, 6.45) is 2.20. The Bertz CT molecular complexity index is 860. The van der Waals surface area contributed by atoms with Crippen molar-refractivity contribution in [3.05, 3.63) is 52.0 Å². The maximum atomic E-state index is 6.30. The molecule has 5 nitrogen and oxygen atoms in total. The summed E-state index contributed by atoms with van der Waals surface area (Å²) in [7, 11) is 3.27. The van der Waals surface area contributed by atoms with E-state index >= 15 is 0 Å². The fourth-order valence-corrected chi connectivity index (χ4v) is 3.81. The lowest BCUT2D eigenvalue weighted by molar-refractivity contribution is 0.0903. The summed E-state index contributed by atoms with van der Waals surface area (Å²) in [6, 6.07) is 11.0. The molecular weight excluding hydrogens is 431 g/mol. The number of nitrogens with one attached hydrogen (secondary N) is 1. The molecule has 1 aliphatic rings. The Morgan fingerprint density at radius 2 is 2.03 bits per heavy atom. The van der Waals surface area contributed by atoms with E-state index in [1.54, 1.807) is 32.4 Å². The number of methoxy groups -OCH3 is 2. The molecule has 0 aromatic heterocycles. The standard InChI is InChI=1S/C21H24Cl2N2O3S/c1-26-16-7-5-14(20(11-16)27-2)12-25(13-17-4-3-9-28-17)21(29)24-19-10-15(22)6-8-18(19)23/h5-8,10-11,17H,3-4,9,12-13H2,1-2H3,(H,24,29). The van der Waals surface area contributed by atoms with Gasteiger partial charge in [0.2, 0.25) is 0 Å². The second-order valence-electron chi connectivity index (χ2n) is 6.75. The van der Waals surface area contributed by atoms with Gasteiger partial charge in [-0.05, 0) is 55.4 Å². The average Bonchev–Trinajstić information content (AvgIpc) is 3.23. The predicted molar refractivity (Wildman–Crippen MR) is 122 cm³/mol. The van der Waals surface area contributed by atoms with Crippen LogP contribution < -0.4 is 14.8 Å². The SMILES string of the molecule is COc1ccc(CN(CC2CCCO2)C(=S)Nc2cc(Cl)ccc2Cl)c(OC)c1. The zero-order valence-corrected chi connectivity index (χ0v) is 18.7. The Balaban J connectivity index is 1.82. The van der Waals surface area contributed by atoms with Gasteiger partial charge in [0.05, 0.1) is 31.0 Å². The van der Waals surface area contributed by atoms with Gasteiger partial charge in [-0.25, -0.2) is 0 Å². The molecule has 1 atom stereocenters. The maximum Gasteiger partial charge on any atom is 0.173 e. The van der Waals surface area contributed by atoms with Crippen LogP contribution in [0.5, 0.6) is 11.5 Å². The van der Waals surface area contributed by atoms with Gasteiger partial charge in [-0.15, -0.1) is 0 Å². The number of benzene rings is 2. The van der Waals surface area contributed by atoms with Crippen molar-refractivity contribution in [2.75, 3.05) is 32.7 Å². The lowest BCUT2D eigenvalue weighted by atomic mass is 10.1. The predicted octanol–water partition coefficient (Wildman–Crippen LogP) is 5.39. The van der Waals surface area contributed by atoms with Gasteiger partial charge in [0.25, 0.3) is 0 Å². The minimum absolute atomic E-state index is 0.133. The van der Waals surface area contributed by atoms with E-state index in [1.165, 1.54) is 0 Å². The second-order valence-corrected chi connectivity index (χ2v) is 7.98. The number of thiocarbonyl (C=S) groups is 1. The van der Waals surface area contributed by atoms with Gasteiger partial charge < -0.3 is 24.4 Å². The molecule has 1 heterocycles. The van der Waals surface area contributed by atoms with E-state index in [0.29, 0.717) is 33.9 Å². The summed E-state index contributed by atoms with van der Waals surface area (Å²) in [6.45, 7) is 2.00. The molecule has 0 spiro atoms. The molecule has 1 N–H and O–H groups in total. The number of ether oxygens (including phenoxy) is 3. The van der Waals surface area contributed by atoms with Crippen molar-refractivity contribution in [1.29, 1.82) is 0 Å². The summed E-state index contributed by atoms with van der Waals surface area (Å²) < 4.78 is 16.7. The van der Waals surface area contributed by atoms with E-state index in [2.05, 4.69) is 10.2 Å². The van der Waals surface area contributed by atoms with Crippen LogP contribution >= 0.6 is 35.4 Å². The minimum atomic E-state index is 0.133. The van der Waals surface area contributed by atoms with Crippen LogP contribution in [0.4, 0.5) is 5.69 Å². The first-order valence-corrected chi connectivity index (χ1v) is 10.5. The molecule has 0 radical (unpaired) electrons. The van der Waals surface area contributed by atoms with Gasteiger partial charge in [-0.3, -0.25) is 0 Å². The topological polar surface area (TPSA) is 43.0 Å². The number of anilines is 1. The van der Waals surface area contributed by atoms with E-state index in [-0.39, 0.29) is 6.10 Å². The van der Waals surface area contributed by atoms with Crippen molar-refractivity contribution in [2.24, 2.45) is 0 Å². The first kappa shape index (κ1) is 22.0. The largest absolute Gasteiger partial charge is 0.497 e. The first-order chi connectivity index (χ1) is 14.0. The molecule has 29 heavy (non-hydrogen) atoms. The van der Waals surface area contributed by atoms with Gasteiger partial charge in [0, 0.05) is 36.3 Å². The van der Waals surface area contributed by atoms with Crippen LogP contribution in [-0.4, -0.2) is 43.5 Å². The van der Waals surface area contributed by atoms with Crippen LogP contribution in [0.3, 0.4) is 0 Å². The Hall–Kier alpha value is -1.73. The molecule has 1 unspecified atom stereocenters. The number of nitrogens with zero attached hydrogens (tertiary/aromatic N) is 1. The van der Waals surface area contributed by atoms with Crippen molar-refractivity contribution in [1.82, 2.24) is 4.90 Å². The lowest BCUT2D eigenvalue weighted by Gasteiger charge is -2.29. The van der Waals surface area contributed by atoms with Gasteiger partial charge in [0.15, 0.2) is 5.11 Å². The summed E-state index contributed by atoms with van der Waals surface area (Å²) >= 11 is 18.1. The second kappa shape index (κ2) is 10.3. The van der Waals surface area contributed by atoms with Crippen LogP contribution in [0.2, 0.25) is 10.0 Å². The molecule has 8 heteroatoms. The number of hydrogen-bond acceptors (Lipinski definition) is 4. The van der Waals surface area contributed by atoms with Crippen molar-refractivity contribution in [3.8, 4) is 11.5 Å². The maximum absolute atomic E-state index is 6.30. The fraction of sp³-hybridized carbons (Fsp3) is 0.381. The van der Waals surface area contributed by atoms with Crippen LogP contribution in [0.15, 0.2) is 36.4 Å². The molecule has 0 amide bonds. The zero-order chi connectivity index (χ0) is 20.8. The van der Waals surface area contributed by atoms with E-state index < -0.39 is 0 Å². The highest BCUT2D eigenvalue weighted by atomic mass is 35.5. The highest BCUT2D eigenvalue weighted by Crippen LogP contribution is 2.28. The molecule has 0 bridgehead atoms. The van der Waals surface area contributed by atoms with Crippen molar-refractivity contribution in [3.63, 3.8) is 0 Å². The summed E-state index contributed by atoms with van der Waals surface area (Å²) in [5, 5.41) is 4.91. The Labute approximate surface area is 186 Å². The molecule has 1 saturated heterocycles. The molecule has 0 saturated carbocycles. The normalized spacial score (nSPS) is 15.8. The van der Waals surface area contributed by atoms with Crippen molar-refractivity contribution in [2.45, 2.75) is 25.5 Å². The summed E-state index contributed by atoms with van der Waals surface area (Å²) in [4.78, 5) is 2.06. The van der Waals surface area contributed by atoms with Gasteiger partial charge in [0.1, 0.15) is 11.5 Å². The third-order valence-electron chi connectivity index (χ3n) is 4.76. The van der Waals surface area contributed by atoms with Crippen LogP contribution in [0, 0.1) is 0 Å². The molecular formula is C21H24Cl2N2O3S. The van der Waals surface area contributed by atoms with Gasteiger partial charge in [-0.2, -0.15) is 0 Å². The third kappa shape index (κ3) is 5.89.